The van der Waals surface area contributed by atoms with E-state index in [4.69, 9.17) is 14.2 Å². The molecule has 0 spiro atoms. The lowest BCUT2D eigenvalue weighted by Gasteiger charge is -2.18. The van der Waals surface area contributed by atoms with Crippen molar-refractivity contribution in [2.45, 2.75) is 194 Å². The van der Waals surface area contributed by atoms with Gasteiger partial charge in [0.1, 0.15) is 6.61 Å². The number of carbonyl (C=O) groups excluding carboxylic acids is 2. The molecule has 0 aliphatic heterocycles. The van der Waals surface area contributed by atoms with Crippen LogP contribution in [0.1, 0.15) is 188 Å². The summed E-state index contributed by atoms with van der Waals surface area (Å²) in [5.41, 5.74) is 0. The van der Waals surface area contributed by atoms with Crippen molar-refractivity contribution >= 4 is 11.9 Å². The number of rotatable bonds is 37. The second-order valence-corrected chi connectivity index (χ2v) is 13.5. The van der Waals surface area contributed by atoms with Gasteiger partial charge in [-0.2, -0.15) is 0 Å². The number of unbranched alkanes of at least 4 members (excludes halogenated alkanes) is 16. The van der Waals surface area contributed by atoms with Gasteiger partial charge in [-0.1, -0.05) is 165 Å². The van der Waals surface area contributed by atoms with Gasteiger partial charge in [-0.15, -0.1) is 0 Å². The van der Waals surface area contributed by atoms with Crippen LogP contribution < -0.4 is 0 Å². The molecule has 0 heterocycles. The highest BCUT2D eigenvalue weighted by Gasteiger charge is 2.17. The second kappa shape index (κ2) is 41.0. The van der Waals surface area contributed by atoms with Gasteiger partial charge in [-0.25, -0.2) is 0 Å². The fraction of sp³-hybridized carbons (Fsp3) is 0.733. The Labute approximate surface area is 309 Å². The van der Waals surface area contributed by atoms with Crippen LogP contribution in [0, 0.1) is 0 Å². The minimum atomic E-state index is -0.571. The largest absolute Gasteiger partial charge is 0.462 e. The Morgan fingerprint density at radius 3 is 1.52 bits per heavy atom. The van der Waals surface area contributed by atoms with Crippen LogP contribution in [0.25, 0.3) is 0 Å². The van der Waals surface area contributed by atoms with Crippen molar-refractivity contribution < 1.29 is 23.8 Å². The van der Waals surface area contributed by atoms with Crippen LogP contribution in [-0.2, 0) is 23.8 Å². The topological polar surface area (TPSA) is 61.8 Å². The molecule has 0 rings (SSSR count). The highest BCUT2D eigenvalue weighted by molar-refractivity contribution is 5.70. The van der Waals surface area contributed by atoms with Gasteiger partial charge in [0.25, 0.3) is 0 Å². The van der Waals surface area contributed by atoms with E-state index in [-0.39, 0.29) is 25.2 Å². The van der Waals surface area contributed by atoms with E-state index in [0.717, 1.165) is 64.2 Å². The van der Waals surface area contributed by atoms with Crippen molar-refractivity contribution in [1.82, 2.24) is 0 Å². The average Bonchev–Trinajstić information content (AvgIpc) is 3.11. The lowest BCUT2D eigenvalue weighted by Crippen LogP contribution is -2.30. The lowest BCUT2D eigenvalue weighted by atomic mass is 10.1. The van der Waals surface area contributed by atoms with Gasteiger partial charge in [0, 0.05) is 19.4 Å². The number of allylic oxidation sites excluding steroid dienone is 10. The Hall–Kier alpha value is -2.40. The number of carbonyl (C=O) groups is 2. The fourth-order valence-corrected chi connectivity index (χ4v) is 5.46. The summed E-state index contributed by atoms with van der Waals surface area (Å²) in [6, 6.07) is 0. The van der Waals surface area contributed by atoms with Crippen LogP contribution in [0.2, 0.25) is 0 Å². The molecule has 1 unspecified atom stereocenters. The van der Waals surface area contributed by atoms with E-state index in [1.807, 2.05) is 6.08 Å². The highest BCUT2D eigenvalue weighted by atomic mass is 16.6. The molecule has 0 radical (unpaired) electrons. The smallest absolute Gasteiger partial charge is 0.306 e. The normalized spacial score (nSPS) is 12.8. The summed E-state index contributed by atoms with van der Waals surface area (Å²) in [6.45, 7) is 7.57. The van der Waals surface area contributed by atoms with Crippen molar-refractivity contribution in [3.63, 3.8) is 0 Å². The first-order valence-corrected chi connectivity index (χ1v) is 20.8. The second-order valence-electron chi connectivity index (χ2n) is 13.5. The quantitative estimate of drug-likeness (QED) is 0.0367. The standard InChI is InChI=1S/C45H78O5/c1-4-7-10-13-16-18-20-22-23-25-26-28-30-32-35-38-44(46)49-42-43(41-48-40-37-34-15-12-9-6-3)50-45(47)39-36-33-31-29-27-24-21-19-17-14-11-8-5-2/h8,11,17,19,22-24,27,31,33,43H,4-7,9-10,12-16,18,20-21,25-26,28-30,32,34-42H2,1-3H3/b11-8-,19-17-,23-22-,27-24-,33-31-. The van der Waals surface area contributed by atoms with E-state index >= 15 is 0 Å². The Morgan fingerprint density at radius 2 is 0.940 bits per heavy atom. The van der Waals surface area contributed by atoms with Gasteiger partial charge in [-0.05, 0) is 70.6 Å². The molecular weight excluding hydrogens is 620 g/mol. The molecule has 0 aromatic heterocycles. The van der Waals surface area contributed by atoms with E-state index in [1.165, 1.54) is 83.5 Å². The maximum atomic E-state index is 12.6. The molecule has 0 saturated carbocycles. The zero-order valence-electron chi connectivity index (χ0n) is 32.9. The fourth-order valence-electron chi connectivity index (χ4n) is 5.46. The maximum absolute atomic E-state index is 12.6. The first-order chi connectivity index (χ1) is 24.6. The molecule has 0 N–H and O–H groups in total. The molecule has 0 fully saturated rings. The molecular formula is C45H78O5. The third kappa shape index (κ3) is 38.4. The van der Waals surface area contributed by atoms with Gasteiger partial charge < -0.3 is 14.2 Å². The third-order valence-corrected chi connectivity index (χ3v) is 8.55. The Morgan fingerprint density at radius 1 is 0.460 bits per heavy atom. The van der Waals surface area contributed by atoms with Crippen molar-refractivity contribution in [2.75, 3.05) is 19.8 Å². The molecule has 288 valence electrons. The molecule has 0 aliphatic carbocycles. The lowest BCUT2D eigenvalue weighted by molar-refractivity contribution is -0.162. The predicted molar refractivity (Wildman–Crippen MR) is 214 cm³/mol. The molecule has 5 nitrogen and oxygen atoms in total. The molecule has 0 bridgehead atoms. The van der Waals surface area contributed by atoms with Crippen LogP contribution in [0.15, 0.2) is 60.8 Å². The van der Waals surface area contributed by atoms with Gasteiger partial charge in [0.15, 0.2) is 6.10 Å². The molecule has 0 aliphatic rings. The first-order valence-electron chi connectivity index (χ1n) is 20.8. The van der Waals surface area contributed by atoms with E-state index < -0.39 is 6.10 Å². The van der Waals surface area contributed by atoms with Crippen LogP contribution in [0.4, 0.5) is 0 Å². The number of ether oxygens (including phenoxy) is 3. The molecule has 0 aromatic carbocycles. The first kappa shape index (κ1) is 47.6. The maximum Gasteiger partial charge on any atom is 0.306 e. The summed E-state index contributed by atoms with van der Waals surface area (Å²) in [5.74, 6) is -0.506. The number of esters is 2. The number of hydrogen-bond donors (Lipinski definition) is 0. The summed E-state index contributed by atoms with van der Waals surface area (Å²) in [6.07, 6.45) is 49.5. The van der Waals surface area contributed by atoms with Gasteiger partial charge in [0.05, 0.1) is 6.61 Å². The van der Waals surface area contributed by atoms with Crippen molar-refractivity contribution in [1.29, 1.82) is 0 Å². The zero-order valence-corrected chi connectivity index (χ0v) is 32.9. The van der Waals surface area contributed by atoms with Crippen LogP contribution in [0.5, 0.6) is 0 Å². The van der Waals surface area contributed by atoms with E-state index in [0.29, 0.717) is 25.9 Å². The summed E-state index contributed by atoms with van der Waals surface area (Å²) in [5, 5.41) is 0. The summed E-state index contributed by atoms with van der Waals surface area (Å²) < 4.78 is 17.1. The molecule has 0 saturated heterocycles. The van der Waals surface area contributed by atoms with Gasteiger partial charge in [0.2, 0.25) is 0 Å². The summed E-state index contributed by atoms with van der Waals surface area (Å²) in [4.78, 5) is 25.0. The third-order valence-electron chi connectivity index (χ3n) is 8.55. The highest BCUT2D eigenvalue weighted by Crippen LogP contribution is 2.11. The zero-order chi connectivity index (χ0) is 36.4. The van der Waals surface area contributed by atoms with Crippen molar-refractivity contribution in [3.8, 4) is 0 Å². The molecule has 0 aromatic rings. The SMILES string of the molecule is CC/C=C\C/C=C\C/C=C\C/C=C\CCC(=O)OC(COCCCCCCCC)COC(=O)CCCCCCC/C=C\CCCCCCCC. The molecule has 0 amide bonds. The van der Waals surface area contributed by atoms with Gasteiger partial charge in [-0.3, -0.25) is 9.59 Å². The Bertz CT molecular complexity index is 884. The van der Waals surface area contributed by atoms with Crippen LogP contribution >= 0.6 is 0 Å². The minimum absolute atomic E-state index is 0.0517. The Kier molecular flexibility index (Phi) is 39.1. The summed E-state index contributed by atoms with van der Waals surface area (Å²) in [7, 11) is 0. The minimum Gasteiger partial charge on any atom is -0.462 e. The van der Waals surface area contributed by atoms with E-state index in [9.17, 15) is 9.59 Å². The Balaban J connectivity index is 4.26. The van der Waals surface area contributed by atoms with Crippen molar-refractivity contribution in [3.05, 3.63) is 60.8 Å². The van der Waals surface area contributed by atoms with E-state index in [1.54, 1.807) is 0 Å². The average molecular weight is 699 g/mol. The summed E-state index contributed by atoms with van der Waals surface area (Å²) >= 11 is 0. The number of hydrogen-bond acceptors (Lipinski definition) is 5. The van der Waals surface area contributed by atoms with Crippen molar-refractivity contribution in [2.24, 2.45) is 0 Å². The molecule has 1 atom stereocenters. The van der Waals surface area contributed by atoms with Crippen LogP contribution in [0.3, 0.4) is 0 Å². The molecule has 50 heavy (non-hydrogen) atoms. The van der Waals surface area contributed by atoms with Crippen LogP contribution in [-0.4, -0.2) is 37.9 Å². The van der Waals surface area contributed by atoms with Gasteiger partial charge >= 0.3 is 11.9 Å². The monoisotopic (exact) mass is 699 g/mol. The molecule has 5 heteroatoms. The predicted octanol–water partition coefficient (Wildman–Crippen LogP) is 13.4. The van der Waals surface area contributed by atoms with E-state index in [2.05, 4.69) is 75.5 Å².